The molecule has 8 nitrogen and oxygen atoms in total. The van der Waals surface area contributed by atoms with E-state index in [1.807, 2.05) is 54.9 Å². The highest BCUT2D eigenvalue weighted by Crippen LogP contribution is 2.32. The summed E-state index contributed by atoms with van der Waals surface area (Å²) in [7, 11) is 0. The monoisotopic (exact) mass is 471 g/mol. The van der Waals surface area contributed by atoms with Crippen LogP contribution in [-0.2, 0) is 6.54 Å². The maximum absolute atomic E-state index is 13.4. The van der Waals surface area contributed by atoms with Crippen LogP contribution >= 0.6 is 11.3 Å². The first-order valence-electron chi connectivity index (χ1n) is 11.1. The first-order chi connectivity index (χ1) is 16.4. The maximum atomic E-state index is 13.4. The average molecular weight is 472 g/mol. The number of hydrogen-bond acceptors (Lipinski definition) is 6. The molecule has 4 heterocycles. The molecule has 1 aromatic carbocycles. The Hall–Kier alpha value is -3.85. The van der Waals surface area contributed by atoms with Crippen molar-refractivity contribution >= 4 is 34.2 Å². The molecule has 4 aromatic heterocycles. The highest BCUT2D eigenvalue weighted by molar-refractivity contribution is 7.12. The van der Waals surface area contributed by atoms with Gasteiger partial charge in [-0.05, 0) is 45.4 Å². The average Bonchev–Trinajstić information content (AvgIpc) is 3.52. The molecule has 0 saturated heterocycles. The van der Waals surface area contributed by atoms with Crippen LogP contribution in [0.15, 0.2) is 55.0 Å². The maximum Gasteiger partial charge on any atom is 0.258 e. The minimum Gasteiger partial charge on any atom is -0.289 e. The molecule has 0 aliphatic rings. The fraction of sp³-hybridized carbons (Fsp3) is 0.240. The second-order valence-electron chi connectivity index (χ2n) is 8.51. The van der Waals surface area contributed by atoms with Gasteiger partial charge in [-0.25, -0.2) is 19.3 Å². The topological polar surface area (TPSA) is 90.5 Å². The molecule has 1 amide bonds. The lowest BCUT2D eigenvalue weighted by Crippen LogP contribution is -2.15. The molecule has 0 saturated carbocycles. The van der Waals surface area contributed by atoms with Crippen molar-refractivity contribution in [2.45, 2.75) is 40.3 Å². The summed E-state index contributed by atoms with van der Waals surface area (Å²) in [5.41, 5.74) is 4.07. The number of nitrogens with one attached hydrogen (secondary N) is 1. The van der Waals surface area contributed by atoms with E-state index in [2.05, 4.69) is 40.4 Å². The van der Waals surface area contributed by atoms with Crippen molar-refractivity contribution in [3.63, 3.8) is 0 Å². The smallest absolute Gasteiger partial charge is 0.258 e. The van der Waals surface area contributed by atoms with E-state index in [1.54, 1.807) is 28.5 Å². The van der Waals surface area contributed by atoms with Crippen LogP contribution in [0.25, 0.3) is 22.3 Å². The Bertz CT molecular complexity index is 1480. The van der Waals surface area contributed by atoms with Crippen LogP contribution in [0.2, 0.25) is 0 Å². The van der Waals surface area contributed by atoms with E-state index >= 15 is 0 Å². The molecule has 5 rings (SSSR count). The standard InChI is InChI=1S/C25H25N7OS/c1-15(2)32-23-21(12-27-32)20(11-22(28-23)19-10-16(3)34-17(19)4)24(33)29-25-26-14-31(30-25)13-18-8-6-5-7-9-18/h5-12,14-15H,13H2,1-4H3,(H,29,30,33). The van der Waals surface area contributed by atoms with Crippen molar-refractivity contribution < 1.29 is 4.79 Å². The molecule has 0 fully saturated rings. The Labute approximate surface area is 201 Å². The van der Waals surface area contributed by atoms with Gasteiger partial charge in [-0.15, -0.1) is 16.4 Å². The molecule has 0 bridgehead atoms. The van der Waals surface area contributed by atoms with Crippen LogP contribution in [0.4, 0.5) is 5.95 Å². The van der Waals surface area contributed by atoms with Crippen LogP contribution in [0.1, 0.15) is 45.6 Å². The van der Waals surface area contributed by atoms with Crippen LogP contribution in [0.5, 0.6) is 0 Å². The summed E-state index contributed by atoms with van der Waals surface area (Å²) >= 11 is 1.72. The Morgan fingerprint density at radius 2 is 1.94 bits per heavy atom. The largest absolute Gasteiger partial charge is 0.289 e. The predicted octanol–water partition coefficient (Wildman–Crippen LogP) is 5.25. The summed E-state index contributed by atoms with van der Waals surface area (Å²) in [6, 6.07) is 14.0. The van der Waals surface area contributed by atoms with Gasteiger partial charge < -0.3 is 0 Å². The Kier molecular flexibility index (Phi) is 5.70. The zero-order valence-electron chi connectivity index (χ0n) is 19.5. The minimum absolute atomic E-state index is 0.108. The third-order valence-electron chi connectivity index (χ3n) is 5.57. The van der Waals surface area contributed by atoms with E-state index in [0.717, 1.165) is 21.7 Å². The normalized spacial score (nSPS) is 11.4. The van der Waals surface area contributed by atoms with Gasteiger partial charge in [0.05, 0.1) is 29.4 Å². The van der Waals surface area contributed by atoms with Gasteiger partial charge in [0, 0.05) is 21.4 Å². The molecule has 0 spiro atoms. The van der Waals surface area contributed by atoms with Gasteiger partial charge in [-0.2, -0.15) is 5.10 Å². The van der Waals surface area contributed by atoms with Crippen molar-refractivity contribution in [1.82, 2.24) is 29.5 Å². The van der Waals surface area contributed by atoms with E-state index in [4.69, 9.17) is 4.98 Å². The molecule has 9 heteroatoms. The minimum atomic E-state index is -0.293. The lowest BCUT2D eigenvalue weighted by atomic mass is 10.1. The van der Waals surface area contributed by atoms with Gasteiger partial charge in [0.2, 0.25) is 5.95 Å². The number of benzene rings is 1. The number of amides is 1. The first kappa shape index (κ1) is 22.0. The number of aromatic nitrogens is 6. The van der Waals surface area contributed by atoms with E-state index < -0.39 is 0 Å². The Balaban J connectivity index is 1.50. The predicted molar refractivity (Wildman–Crippen MR) is 134 cm³/mol. The van der Waals surface area contributed by atoms with Crippen molar-refractivity contribution in [2.24, 2.45) is 0 Å². The molecule has 34 heavy (non-hydrogen) atoms. The van der Waals surface area contributed by atoms with Crippen molar-refractivity contribution in [1.29, 1.82) is 0 Å². The number of pyridine rings is 1. The quantitative estimate of drug-likeness (QED) is 0.365. The van der Waals surface area contributed by atoms with E-state index in [0.29, 0.717) is 23.1 Å². The summed E-state index contributed by atoms with van der Waals surface area (Å²) in [5, 5.41) is 12.5. The molecular weight excluding hydrogens is 446 g/mol. The number of anilines is 1. The molecule has 0 unspecified atom stereocenters. The van der Waals surface area contributed by atoms with Crippen molar-refractivity contribution in [3.05, 3.63) is 75.9 Å². The number of rotatable bonds is 6. The molecule has 0 radical (unpaired) electrons. The first-order valence-corrected chi connectivity index (χ1v) is 11.9. The highest BCUT2D eigenvalue weighted by Gasteiger charge is 2.21. The second kappa shape index (κ2) is 8.83. The lowest BCUT2D eigenvalue weighted by Gasteiger charge is -2.10. The van der Waals surface area contributed by atoms with Crippen LogP contribution < -0.4 is 5.32 Å². The Morgan fingerprint density at radius 1 is 1.15 bits per heavy atom. The molecule has 172 valence electrons. The lowest BCUT2D eigenvalue weighted by molar-refractivity contribution is 0.102. The number of thiophene rings is 1. The van der Waals surface area contributed by atoms with E-state index in [9.17, 15) is 4.79 Å². The number of carbonyl (C=O) groups excluding carboxylic acids is 1. The summed E-state index contributed by atoms with van der Waals surface area (Å²) in [4.78, 5) is 24.9. The number of fused-ring (bicyclic) bond motifs is 1. The third-order valence-corrected chi connectivity index (χ3v) is 6.53. The summed E-state index contributed by atoms with van der Waals surface area (Å²) in [5.74, 6) is -0.0368. The number of carbonyl (C=O) groups is 1. The van der Waals surface area contributed by atoms with Crippen LogP contribution in [0, 0.1) is 13.8 Å². The summed E-state index contributed by atoms with van der Waals surface area (Å²) in [6.45, 7) is 8.81. The molecule has 1 N–H and O–H groups in total. The van der Waals surface area contributed by atoms with Crippen molar-refractivity contribution in [2.75, 3.05) is 5.32 Å². The van der Waals surface area contributed by atoms with Gasteiger partial charge in [0.25, 0.3) is 5.91 Å². The van der Waals surface area contributed by atoms with Gasteiger partial charge in [0.1, 0.15) is 6.33 Å². The fourth-order valence-corrected chi connectivity index (χ4v) is 4.91. The summed E-state index contributed by atoms with van der Waals surface area (Å²) < 4.78 is 3.55. The van der Waals surface area contributed by atoms with Gasteiger partial charge in [0.15, 0.2) is 5.65 Å². The molecule has 5 aromatic rings. The number of aryl methyl sites for hydroxylation is 2. The van der Waals surface area contributed by atoms with Crippen LogP contribution in [0.3, 0.4) is 0 Å². The van der Waals surface area contributed by atoms with E-state index in [1.165, 1.54) is 4.88 Å². The number of hydrogen-bond donors (Lipinski definition) is 1. The fourth-order valence-electron chi connectivity index (χ4n) is 3.97. The van der Waals surface area contributed by atoms with Crippen molar-refractivity contribution in [3.8, 4) is 11.3 Å². The second-order valence-corrected chi connectivity index (χ2v) is 9.97. The molecule has 0 aliphatic carbocycles. The van der Waals surface area contributed by atoms with Gasteiger partial charge in [-0.3, -0.25) is 10.1 Å². The van der Waals surface area contributed by atoms with Gasteiger partial charge >= 0.3 is 0 Å². The molecule has 0 atom stereocenters. The third kappa shape index (κ3) is 4.22. The van der Waals surface area contributed by atoms with E-state index in [-0.39, 0.29) is 17.9 Å². The van der Waals surface area contributed by atoms with Gasteiger partial charge in [-0.1, -0.05) is 30.3 Å². The van der Waals surface area contributed by atoms with Crippen LogP contribution in [-0.4, -0.2) is 35.4 Å². The Morgan fingerprint density at radius 3 is 2.65 bits per heavy atom. The zero-order valence-corrected chi connectivity index (χ0v) is 20.3. The highest BCUT2D eigenvalue weighted by atomic mass is 32.1. The zero-order chi connectivity index (χ0) is 23.8. The molecular formula is C25H25N7OS. The number of nitrogens with zero attached hydrogens (tertiary/aromatic N) is 6. The SMILES string of the molecule is Cc1cc(-c2cc(C(=O)Nc3ncn(Cc4ccccc4)n3)c3cnn(C(C)C)c3n2)c(C)s1. The molecule has 0 aliphatic heterocycles. The summed E-state index contributed by atoms with van der Waals surface area (Å²) in [6.07, 6.45) is 3.32.